The van der Waals surface area contributed by atoms with Crippen LogP contribution in [0.25, 0.3) is 10.8 Å². The van der Waals surface area contributed by atoms with E-state index in [4.69, 9.17) is 0 Å². The molecule has 0 radical (unpaired) electrons. The minimum absolute atomic E-state index is 1.31. The molecular weight excluding hydrogens is 276 g/mol. The van der Waals surface area contributed by atoms with Crippen LogP contribution in [0.2, 0.25) is 0 Å². The van der Waals surface area contributed by atoms with Crippen molar-refractivity contribution in [3.8, 4) is 0 Å². The van der Waals surface area contributed by atoms with Gasteiger partial charge in [-0.2, -0.15) is 0 Å². The molecule has 23 heavy (non-hydrogen) atoms. The Morgan fingerprint density at radius 3 is 0.870 bits per heavy atom. The summed E-state index contributed by atoms with van der Waals surface area (Å²) >= 11 is 0. The maximum atomic E-state index is 2.12. The lowest BCUT2D eigenvalue weighted by molar-refractivity contribution is 1.48. The topological polar surface area (TPSA) is 0 Å². The van der Waals surface area contributed by atoms with Gasteiger partial charge in [-0.05, 0) is 17.7 Å². The number of benzene rings is 4. The zero-order valence-electron chi connectivity index (χ0n) is 13.5. The van der Waals surface area contributed by atoms with Crippen molar-refractivity contribution < 1.29 is 0 Å². The second-order valence-corrected chi connectivity index (χ2v) is 5.16. The van der Waals surface area contributed by atoms with E-state index in [1.165, 1.54) is 16.3 Å². The zero-order chi connectivity index (χ0) is 16.2. The first-order valence-electron chi connectivity index (χ1n) is 7.82. The monoisotopic (exact) mass is 298 g/mol. The number of fused-ring (bicyclic) bond motifs is 1. The predicted molar refractivity (Wildman–Crippen MR) is 102 cm³/mol. The first-order chi connectivity index (χ1) is 11.4. The molecule has 0 heterocycles. The third kappa shape index (κ3) is 6.62. The van der Waals surface area contributed by atoms with Crippen LogP contribution >= 0.6 is 0 Å². The van der Waals surface area contributed by atoms with Crippen molar-refractivity contribution in [2.45, 2.75) is 6.92 Å². The Morgan fingerprint density at radius 2 is 0.609 bits per heavy atom. The second kappa shape index (κ2) is 9.97. The summed E-state index contributed by atoms with van der Waals surface area (Å²) in [5.41, 5.74) is 1.32. The van der Waals surface area contributed by atoms with Crippen LogP contribution in [0.4, 0.5) is 0 Å². The van der Waals surface area contributed by atoms with Gasteiger partial charge in [-0.15, -0.1) is 0 Å². The summed E-state index contributed by atoms with van der Waals surface area (Å²) in [4.78, 5) is 0. The fourth-order valence-electron chi connectivity index (χ4n) is 2.05. The summed E-state index contributed by atoms with van der Waals surface area (Å²) in [6.45, 7) is 2.08. The second-order valence-electron chi connectivity index (χ2n) is 5.16. The highest BCUT2D eigenvalue weighted by molar-refractivity contribution is 5.81. The van der Waals surface area contributed by atoms with Crippen LogP contribution in [0.3, 0.4) is 0 Å². The first-order valence-corrected chi connectivity index (χ1v) is 7.82. The normalized spacial score (nSPS) is 9.09. The number of hydrogen-bond acceptors (Lipinski definition) is 0. The molecule has 0 heteroatoms. The average molecular weight is 298 g/mol. The van der Waals surface area contributed by atoms with Gasteiger partial charge in [0, 0.05) is 0 Å². The summed E-state index contributed by atoms with van der Waals surface area (Å²) < 4.78 is 0. The zero-order valence-corrected chi connectivity index (χ0v) is 13.5. The fourth-order valence-corrected chi connectivity index (χ4v) is 2.05. The van der Waals surface area contributed by atoms with Crippen LogP contribution in [0.1, 0.15) is 5.56 Å². The molecule has 0 bridgehead atoms. The SMILES string of the molecule is Cc1ccccc1.c1ccc2ccccc2c1.c1ccccc1. The smallest absolute Gasteiger partial charge is 0.0184 e. The molecule has 0 amide bonds. The van der Waals surface area contributed by atoms with E-state index in [-0.39, 0.29) is 0 Å². The molecule has 0 aromatic heterocycles. The van der Waals surface area contributed by atoms with Crippen molar-refractivity contribution in [3.05, 3.63) is 121 Å². The molecule has 4 aromatic rings. The van der Waals surface area contributed by atoms with Gasteiger partial charge in [-0.3, -0.25) is 0 Å². The lowest BCUT2D eigenvalue weighted by atomic mass is 10.1. The highest BCUT2D eigenvalue weighted by Crippen LogP contribution is 2.11. The van der Waals surface area contributed by atoms with Gasteiger partial charge in [0.15, 0.2) is 0 Å². The van der Waals surface area contributed by atoms with Crippen LogP contribution in [-0.4, -0.2) is 0 Å². The van der Waals surface area contributed by atoms with Crippen molar-refractivity contribution in [2.75, 3.05) is 0 Å². The first kappa shape index (κ1) is 16.5. The van der Waals surface area contributed by atoms with Crippen molar-refractivity contribution >= 4 is 10.8 Å². The molecule has 0 aliphatic carbocycles. The van der Waals surface area contributed by atoms with Crippen molar-refractivity contribution in [3.63, 3.8) is 0 Å². The standard InChI is InChI=1S/C10H8.C7H8.C6H6/c1-2-6-10-8-4-3-7-9(10)5-1;1-7-5-3-2-4-6-7;1-2-4-6-5-3-1/h1-8H;2-6H,1H3;1-6H. The highest BCUT2D eigenvalue weighted by atomic mass is 13.9. The third-order valence-corrected chi connectivity index (χ3v) is 3.27. The predicted octanol–water partition coefficient (Wildman–Crippen LogP) is 6.52. The van der Waals surface area contributed by atoms with Crippen molar-refractivity contribution in [1.82, 2.24) is 0 Å². The summed E-state index contributed by atoms with van der Waals surface area (Å²) in [5.74, 6) is 0. The lowest BCUT2D eigenvalue weighted by Crippen LogP contribution is -1.67. The van der Waals surface area contributed by atoms with Gasteiger partial charge in [-0.25, -0.2) is 0 Å². The molecule has 4 aromatic carbocycles. The summed E-state index contributed by atoms with van der Waals surface area (Å²) in [6.07, 6.45) is 0. The van der Waals surface area contributed by atoms with Crippen LogP contribution < -0.4 is 0 Å². The van der Waals surface area contributed by atoms with Crippen LogP contribution in [-0.2, 0) is 0 Å². The molecule has 0 saturated heterocycles. The van der Waals surface area contributed by atoms with Crippen LogP contribution in [0, 0.1) is 6.92 Å². The van der Waals surface area contributed by atoms with E-state index in [0.29, 0.717) is 0 Å². The molecule has 0 spiro atoms. The van der Waals surface area contributed by atoms with E-state index in [2.05, 4.69) is 67.6 Å². The van der Waals surface area contributed by atoms with Gasteiger partial charge < -0.3 is 0 Å². The molecule has 0 saturated carbocycles. The van der Waals surface area contributed by atoms with Gasteiger partial charge in [0.1, 0.15) is 0 Å². The Balaban J connectivity index is 0.000000131. The van der Waals surface area contributed by atoms with E-state index < -0.39 is 0 Å². The molecule has 0 N–H and O–H groups in total. The average Bonchev–Trinajstić information content (AvgIpc) is 2.65. The van der Waals surface area contributed by atoms with E-state index >= 15 is 0 Å². The Morgan fingerprint density at radius 1 is 0.348 bits per heavy atom. The lowest BCUT2D eigenvalue weighted by Gasteiger charge is -1.92. The minimum atomic E-state index is 1.31. The minimum Gasteiger partial charge on any atom is -0.0623 e. The van der Waals surface area contributed by atoms with Crippen LogP contribution in [0.5, 0.6) is 0 Å². The van der Waals surface area contributed by atoms with Gasteiger partial charge in [0.05, 0.1) is 0 Å². The van der Waals surface area contributed by atoms with Gasteiger partial charge >= 0.3 is 0 Å². The molecule has 0 aliphatic rings. The molecule has 4 rings (SSSR count). The van der Waals surface area contributed by atoms with Crippen molar-refractivity contribution in [1.29, 1.82) is 0 Å². The molecule has 0 aliphatic heterocycles. The van der Waals surface area contributed by atoms with E-state index in [1.54, 1.807) is 0 Å². The largest absolute Gasteiger partial charge is 0.0623 e. The molecule has 114 valence electrons. The summed E-state index contributed by atoms with van der Waals surface area (Å²) in [6, 6.07) is 39.0. The highest BCUT2D eigenvalue weighted by Gasteiger charge is 1.85. The Labute approximate surface area is 139 Å². The Kier molecular flexibility index (Phi) is 7.15. The van der Waals surface area contributed by atoms with Crippen molar-refractivity contribution in [2.24, 2.45) is 0 Å². The maximum Gasteiger partial charge on any atom is -0.0184 e. The maximum absolute atomic E-state index is 2.12. The van der Waals surface area contributed by atoms with E-state index in [9.17, 15) is 0 Å². The van der Waals surface area contributed by atoms with E-state index in [1.807, 2.05) is 54.6 Å². The number of rotatable bonds is 0. The molecular formula is C23H22. The Bertz CT molecular complexity index is 682. The van der Waals surface area contributed by atoms with Gasteiger partial charge in [0.2, 0.25) is 0 Å². The van der Waals surface area contributed by atoms with Gasteiger partial charge in [-0.1, -0.05) is 121 Å². The molecule has 0 unspecified atom stereocenters. The summed E-state index contributed by atoms with van der Waals surface area (Å²) in [7, 11) is 0. The number of aryl methyl sites for hydroxylation is 1. The quantitative estimate of drug-likeness (QED) is 0.346. The molecule has 0 fully saturated rings. The summed E-state index contributed by atoms with van der Waals surface area (Å²) in [5, 5.41) is 2.62. The van der Waals surface area contributed by atoms with Crippen LogP contribution in [0.15, 0.2) is 115 Å². The molecule has 0 nitrogen and oxygen atoms in total. The number of hydrogen-bond donors (Lipinski definition) is 0. The fraction of sp³-hybridized carbons (Fsp3) is 0.0435. The third-order valence-electron chi connectivity index (χ3n) is 3.27. The van der Waals surface area contributed by atoms with E-state index in [0.717, 1.165) is 0 Å². The molecule has 0 atom stereocenters. The Hall–Kier alpha value is -2.86. The van der Waals surface area contributed by atoms with Gasteiger partial charge in [0.25, 0.3) is 0 Å².